The number of carbonyl (C=O) groups excluding carboxylic acids is 1. The molecule has 172 valence electrons. The maximum Gasteiger partial charge on any atom is 0.186 e. The predicted molar refractivity (Wildman–Crippen MR) is 135 cm³/mol. The Bertz CT molecular complexity index is 1120. The van der Waals surface area contributed by atoms with Crippen LogP contribution in [0.1, 0.15) is 21.5 Å². The molecule has 3 aromatic rings. The second kappa shape index (κ2) is 11.5. The third-order valence-electron chi connectivity index (χ3n) is 5.20. The fourth-order valence-corrected chi connectivity index (χ4v) is 3.53. The summed E-state index contributed by atoms with van der Waals surface area (Å²) in [7, 11) is 7.96. The highest BCUT2D eigenvalue weighted by atomic mass is 16.5. The lowest BCUT2D eigenvalue weighted by Crippen LogP contribution is -2.19. The molecule has 0 aliphatic carbocycles. The molecule has 0 aromatic heterocycles. The molecule has 0 saturated carbocycles. The molecule has 0 spiro atoms. The van der Waals surface area contributed by atoms with Gasteiger partial charge in [0.05, 0.1) is 0 Å². The van der Waals surface area contributed by atoms with E-state index in [2.05, 4.69) is 4.90 Å². The van der Waals surface area contributed by atoms with Crippen LogP contribution < -0.4 is 4.74 Å². The predicted octanol–water partition coefficient (Wildman–Crippen LogP) is 4.96. The van der Waals surface area contributed by atoms with Crippen LogP contribution in [0.4, 0.5) is 0 Å². The SMILES string of the molecule is CN(C)CCOc1ccc(-c2ccccc2O)cc1C=CC(=O)c1ccccc1CN(C)C. The fraction of sp³-hybridized carbons (Fsp3) is 0.250. The molecule has 33 heavy (non-hydrogen) atoms. The van der Waals surface area contributed by atoms with Crippen molar-refractivity contribution in [2.24, 2.45) is 0 Å². The van der Waals surface area contributed by atoms with E-state index in [0.717, 1.165) is 28.8 Å². The Kier molecular flexibility index (Phi) is 8.41. The number of ether oxygens (including phenoxy) is 1. The summed E-state index contributed by atoms with van der Waals surface area (Å²) in [4.78, 5) is 17.1. The second-order valence-corrected chi connectivity index (χ2v) is 8.51. The molecule has 5 heteroatoms. The first-order chi connectivity index (χ1) is 15.8. The molecule has 0 atom stereocenters. The normalized spacial score (nSPS) is 11.5. The van der Waals surface area contributed by atoms with E-state index in [1.54, 1.807) is 24.3 Å². The molecule has 3 rings (SSSR count). The van der Waals surface area contributed by atoms with Gasteiger partial charge in [0.25, 0.3) is 0 Å². The number of phenols is 1. The number of likely N-dealkylation sites (N-methyl/N-ethyl adjacent to an activating group) is 1. The average Bonchev–Trinajstić information content (AvgIpc) is 2.78. The van der Waals surface area contributed by atoms with Crippen molar-refractivity contribution in [2.75, 3.05) is 41.3 Å². The first-order valence-corrected chi connectivity index (χ1v) is 11.0. The standard InChI is InChI=1S/C28H32N2O3/c1-29(2)17-18-33-28-16-14-21(24-10-7-8-12-26(24)31)19-22(28)13-15-27(32)25-11-6-5-9-23(25)20-30(3)4/h5-16,19,31H,17-18,20H2,1-4H3. The molecule has 1 N–H and O–H groups in total. The van der Waals surface area contributed by atoms with Crippen LogP contribution in [-0.2, 0) is 6.54 Å². The number of hydrogen-bond donors (Lipinski definition) is 1. The Balaban J connectivity index is 1.93. The number of aromatic hydroxyl groups is 1. The molecule has 0 radical (unpaired) electrons. The summed E-state index contributed by atoms with van der Waals surface area (Å²) in [6.07, 6.45) is 3.39. The van der Waals surface area contributed by atoms with Crippen molar-refractivity contribution < 1.29 is 14.6 Å². The molecule has 0 unspecified atom stereocenters. The minimum absolute atomic E-state index is 0.0559. The zero-order valence-electron chi connectivity index (χ0n) is 19.8. The minimum Gasteiger partial charge on any atom is -0.507 e. The minimum atomic E-state index is -0.0559. The Morgan fingerprint density at radius 1 is 0.939 bits per heavy atom. The van der Waals surface area contributed by atoms with Gasteiger partial charge in [-0.2, -0.15) is 0 Å². The monoisotopic (exact) mass is 444 g/mol. The van der Waals surface area contributed by atoms with Gasteiger partial charge < -0.3 is 19.6 Å². The number of carbonyl (C=O) groups is 1. The number of allylic oxidation sites excluding steroid dienone is 1. The van der Waals surface area contributed by atoms with Crippen molar-refractivity contribution in [1.82, 2.24) is 9.80 Å². The van der Waals surface area contributed by atoms with E-state index in [4.69, 9.17) is 4.74 Å². The van der Waals surface area contributed by atoms with Gasteiger partial charge >= 0.3 is 0 Å². The van der Waals surface area contributed by atoms with Crippen LogP contribution in [0.25, 0.3) is 17.2 Å². The van der Waals surface area contributed by atoms with E-state index in [1.807, 2.05) is 87.7 Å². The summed E-state index contributed by atoms with van der Waals surface area (Å²) in [6.45, 7) is 2.00. The topological polar surface area (TPSA) is 53.0 Å². The largest absolute Gasteiger partial charge is 0.507 e. The van der Waals surface area contributed by atoms with Crippen LogP contribution in [0.5, 0.6) is 11.5 Å². The van der Waals surface area contributed by atoms with Crippen molar-refractivity contribution in [3.63, 3.8) is 0 Å². The van der Waals surface area contributed by atoms with Gasteiger partial charge in [0, 0.05) is 29.8 Å². The van der Waals surface area contributed by atoms with Crippen LogP contribution in [0, 0.1) is 0 Å². The maximum atomic E-state index is 13.1. The molecule has 0 heterocycles. The van der Waals surface area contributed by atoms with Gasteiger partial charge in [-0.05, 0) is 69.7 Å². The number of benzene rings is 3. The van der Waals surface area contributed by atoms with Gasteiger partial charge in [-0.3, -0.25) is 4.79 Å². The maximum absolute atomic E-state index is 13.1. The number of phenolic OH excluding ortho intramolecular Hbond substituents is 1. The van der Waals surface area contributed by atoms with E-state index >= 15 is 0 Å². The number of para-hydroxylation sites is 1. The summed E-state index contributed by atoms with van der Waals surface area (Å²) in [6, 6.07) is 20.6. The van der Waals surface area contributed by atoms with Crippen LogP contribution in [0.15, 0.2) is 72.8 Å². The van der Waals surface area contributed by atoms with Crippen LogP contribution in [0.3, 0.4) is 0 Å². The second-order valence-electron chi connectivity index (χ2n) is 8.51. The summed E-state index contributed by atoms with van der Waals surface area (Å²) in [5, 5.41) is 10.3. The third-order valence-corrected chi connectivity index (χ3v) is 5.20. The molecular formula is C28H32N2O3. The molecule has 0 saturated heterocycles. The highest BCUT2D eigenvalue weighted by molar-refractivity contribution is 6.08. The van der Waals surface area contributed by atoms with Gasteiger partial charge in [0.2, 0.25) is 0 Å². The van der Waals surface area contributed by atoms with Gasteiger partial charge in [0.1, 0.15) is 18.1 Å². The third kappa shape index (κ3) is 6.78. The molecule has 5 nitrogen and oxygen atoms in total. The zero-order chi connectivity index (χ0) is 23.8. The highest BCUT2D eigenvalue weighted by Gasteiger charge is 2.11. The van der Waals surface area contributed by atoms with E-state index in [1.165, 1.54) is 0 Å². The first-order valence-electron chi connectivity index (χ1n) is 11.0. The van der Waals surface area contributed by atoms with Crippen molar-refractivity contribution in [3.8, 4) is 22.6 Å². The van der Waals surface area contributed by atoms with Gasteiger partial charge in [-0.1, -0.05) is 48.5 Å². The van der Waals surface area contributed by atoms with Gasteiger partial charge in [0.15, 0.2) is 5.78 Å². The summed E-state index contributed by atoms with van der Waals surface area (Å²) in [5.74, 6) is 0.851. The van der Waals surface area contributed by atoms with E-state index in [9.17, 15) is 9.90 Å². The molecule has 3 aromatic carbocycles. The highest BCUT2D eigenvalue weighted by Crippen LogP contribution is 2.33. The Labute approximate surface area is 196 Å². The Morgan fingerprint density at radius 3 is 2.39 bits per heavy atom. The van der Waals surface area contributed by atoms with Crippen molar-refractivity contribution in [2.45, 2.75) is 6.54 Å². The lowest BCUT2D eigenvalue weighted by Gasteiger charge is -2.14. The number of rotatable bonds is 10. The van der Waals surface area contributed by atoms with Gasteiger partial charge in [-0.15, -0.1) is 0 Å². The summed E-state index contributed by atoms with van der Waals surface area (Å²) in [5.41, 5.74) is 4.05. The van der Waals surface area contributed by atoms with E-state index in [0.29, 0.717) is 24.5 Å². The zero-order valence-corrected chi connectivity index (χ0v) is 19.8. The van der Waals surface area contributed by atoms with Crippen molar-refractivity contribution in [1.29, 1.82) is 0 Å². The molecule has 0 amide bonds. The Morgan fingerprint density at radius 2 is 1.67 bits per heavy atom. The van der Waals surface area contributed by atoms with Crippen LogP contribution in [-0.4, -0.2) is 62.0 Å². The number of ketones is 1. The first kappa shape index (κ1) is 24.2. The fourth-order valence-electron chi connectivity index (χ4n) is 3.53. The number of nitrogens with zero attached hydrogens (tertiary/aromatic N) is 2. The molecular weight excluding hydrogens is 412 g/mol. The van der Waals surface area contributed by atoms with Crippen LogP contribution in [0.2, 0.25) is 0 Å². The lowest BCUT2D eigenvalue weighted by molar-refractivity contribution is 0.104. The smallest absolute Gasteiger partial charge is 0.186 e. The summed E-state index contributed by atoms with van der Waals surface area (Å²) < 4.78 is 6.01. The molecule has 0 fully saturated rings. The molecule has 0 aliphatic heterocycles. The lowest BCUT2D eigenvalue weighted by atomic mass is 9.99. The van der Waals surface area contributed by atoms with Crippen molar-refractivity contribution >= 4 is 11.9 Å². The molecule has 0 aliphatic rings. The van der Waals surface area contributed by atoms with Gasteiger partial charge in [-0.25, -0.2) is 0 Å². The van der Waals surface area contributed by atoms with Crippen LogP contribution >= 0.6 is 0 Å². The van der Waals surface area contributed by atoms with E-state index < -0.39 is 0 Å². The molecule has 0 bridgehead atoms. The average molecular weight is 445 g/mol. The van der Waals surface area contributed by atoms with E-state index in [-0.39, 0.29) is 11.5 Å². The number of hydrogen-bond acceptors (Lipinski definition) is 5. The Hall–Kier alpha value is -3.41. The van der Waals surface area contributed by atoms with Crippen molar-refractivity contribution in [3.05, 3.63) is 89.5 Å². The quantitative estimate of drug-likeness (QED) is 0.354. The summed E-state index contributed by atoms with van der Waals surface area (Å²) >= 11 is 0.